The SMILES string of the molecule is Cc1ccnc(Cl)c1NC(=O)CC1=CCCCC1. The molecule has 0 saturated heterocycles. The third kappa shape index (κ3) is 3.33. The third-order valence-electron chi connectivity index (χ3n) is 3.15. The number of aromatic nitrogens is 1. The topological polar surface area (TPSA) is 42.0 Å². The van der Waals surface area contributed by atoms with Crippen LogP contribution in [-0.2, 0) is 4.79 Å². The first kappa shape index (κ1) is 13.1. The van der Waals surface area contributed by atoms with Gasteiger partial charge < -0.3 is 5.32 Å². The van der Waals surface area contributed by atoms with Crippen LogP contribution in [-0.4, -0.2) is 10.9 Å². The zero-order valence-electron chi connectivity index (χ0n) is 10.5. The van der Waals surface area contributed by atoms with E-state index in [4.69, 9.17) is 11.6 Å². The number of aryl methyl sites for hydroxylation is 1. The summed E-state index contributed by atoms with van der Waals surface area (Å²) in [5.74, 6) is -0.0128. The molecule has 1 N–H and O–H groups in total. The van der Waals surface area contributed by atoms with Gasteiger partial charge in [-0.3, -0.25) is 4.79 Å². The Bertz CT molecular complexity index is 462. The van der Waals surface area contributed by atoms with Crippen LogP contribution in [0.2, 0.25) is 5.15 Å². The molecule has 0 saturated carbocycles. The van der Waals surface area contributed by atoms with E-state index in [-0.39, 0.29) is 5.91 Å². The summed E-state index contributed by atoms with van der Waals surface area (Å²) in [6, 6.07) is 1.83. The van der Waals surface area contributed by atoms with Crippen molar-refractivity contribution >= 4 is 23.2 Å². The lowest BCUT2D eigenvalue weighted by Gasteiger charge is -2.13. The highest BCUT2D eigenvalue weighted by Crippen LogP contribution is 2.24. The van der Waals surface area contributed by atoms with Gasteiger partial charge in [-0.15, -0.1) is 0 Å². The van der Waals surface area contributed by atoms with Gasteiger partial charge in [-0.05, 0) is 44.2 Å². The highest BCUT2D eigenvalue weighted by atomic mass is 35.5. The van der Waals surface area contributed by atoms with Gasteiger partial charge in [-0.2, -0.15) is 0 Å². The van der Waals surface area contributed by atoms with E-state index in [0.717, 1.165) is 18.4 Å². The van der Waals surface area contributed by atoms with Gasteiger partial charge >= 0.3 is 0 Å². The van der Waals surface area contributed by atoms with Crippen LogP contribution in [0.25, 0.3) is 0 Å². The lowest BCUT2D eigenvalue weighted by Crippen LogP contribution is -2.14. The first-order valence-corrected chi connectivity index (χ1v) is 6.63. The highest BCUT2D eigenvalue weighted by Gasteiger charge is 2.12. The Morgan fingerprint density at radius 3 is 3.00 bits per heavy atom. The number of rotatable bonds is 3. The van der Waals surface area contributed by atoms with Gasteiger partial charge in [-0.1, -0.05) is 23.3 Å². The maximum atomic E-state index is 11.9. The summed E-state index contributed by atoms with van der Waals surface area (Å²) in [5, 5.41) is 3.20. The minimum Gasteiger partial charge on any atom is -0.323 e. The largest absolute Gasteiger partial charge is 0.323 e. The van der Waals surface area contributed by atoms with Crippen molar-refractivity contribution in [2.75, 3.05) is 5.32 Å². The summed E-state index contributed by atoms with van der Waals surface area (Å²) >= 11 is 5.98. The molecule has 1 aromatic heterocycles. The molecule has 0 spiro atoms. The van der Waals surface area contributed by atoms with Gasteiger partial charge in [0.05, 0.1) is 5.69 Å². The Morgan fingerprint density at radius 2 is 2.33 bits per heavy atom. The Hall–Kier alpha value is -1.35. The lowest BCUT2D eigenvalue weighted by atomic mass is 9.97. The molecule has 0 atom stereocenters. The van der Waals surface area contributed by atoms with Crippen LogP contribution in [0.15, 0.2) is 23.9 Å². The van der Waals surface area contributed by atoms with Crippen molar-refractivity contribution in [3.63, 3.8) is 0 Å². The van der Waals surface area contributed by atoms with Crippen LogP contribution in [0.1, 0.15) is 37.7 Å². The first-order chi connectivity index (χ1) is 8.66. The number of carbonyl (C=O) groups excluding carboxylic acids is 1. The quantitative estimate of drug-likeness (QED) is 0.665. The number of pyridine rings is 1. The fourth-order valence-electron chi connectivity index (χ4n) is 2.13. The van der Waals surface area contributed by atoms with Crippen molar-refractivity contribution in [3.05, 3.63) is 34.6 Å². The van der Waals surface area contributed by atoms with E-state index in [2.05, 4.69) is 16.4 Å². The summed E-state index contributed by atoms with van der Waals surface area (Å²) in [4.78, 5) is 15.9. The monoisotopic (exact) mass is 264 g/mol. The number of anilines is 1. The molecular weight excluding hydrogens is 248 g/mol. The minimum atomic E-state index is -0.0128. The summed E-state index contributed by atoms with van der Waals surface area (Å²) in [6.07, 6.45) is 8.83. The molecule has 0 fully saturated rings. The van der Waals surface area contributed by atoms with Gasteiger partial charge in [0.1, 0.15) is 0 Å². The van der Waals surface area contributed by atoms with Crippen molar-refractivity contribution in [1.82, 2.24) is 4.98 Å². The fraction of sp³-hybridized carbons (Fsp3) is 0.429. The van der Waals surface area contributed by atoms with Crippen molar-refractivity contribution in [3.8, 4) is 0 Å². The Labute approximate surface area is 112 Å². The van der Waals surface area contributed by atoms with E-state index in [1.807, 2.05) is 13.0 Å². The summed E-state index contributed by atoms with van der Waals surface area (Å²) in [5.41, 5.74) is 2.79. The summed E-state index contributed by atoms with van der Waals surface area (Å²) in [7, 11) is 0. The molecule has 0 radical (unpaired) electrons. The first-order valence-electron chi connectivity index (χ1n) is 6.25. The molecule has 0 unspecified atom stereocenters. The molecule has 1 aromatic rings. The van der Waals surface area contributed by atoms with Gasteiger partial charge in [0, 0.05) is 12.6 Å². The zero-order chi connectivity index (χ0) is 13.0. The normalized spacial score (nSPS) is 15.1. The Balaban J connectivity index is 2.01. The molecule has 1 aliphatic carbocycles. The highest BCUT2D eigenvalue weighted by molar-refractivity contribution is 6.32. The van der Waals surface area contributed by atoms with Gasteiger partial charge in [0.25, 0.3) is 0 Å². The second-order valence-electron chi connectivity index (χ2n) is 4.63. The molecular formula is C14H17ClN2O. The van der Waals surface area contributed by atoms with E-state index < -0.39 is 0 Å². The van der Waals surface area contributed by atoms with Gasteiger partial charge in [-0.25, -0.2) is 4.98 Å². The van der Waals surface area contributed by atoms with E-state index in [0.29, 0.717) is 17.3 Å². The Kier molecular flexibility index (Phi) is 4.37. The predicted molar refractivity (Wildman–Crippen MR) is 73.8 cm³/mol. The van der Waals surface area contributed by atoms with Gasteiger partial charge in [0.15, 0.2) is 5.15 Å². The molecule has 1 aliphatic rings. The fourth-order valence-corrected chi connectivity index (χ4v) is 2.38. The molecule has 96 valence electrons. The lowest BCUT2D eigenvalue weighted by molar-refractivity contribution is -0.115. The third-order valence-corrected chi connectivity index (χ3v) is 3.44. The average molecular weight is 265 g/mol. The predicted octanol–water partition coefficient (Wildman–Crippen LogP) is 3.87. The number of nitrogens with one attached hydrogen (secondary N) is 1. The van der Waals surface area contributed by atoms with E-state index in [9.17, 15) is 4.79 Å². The number of amides is 1. The number of hydrogen-bond acceptors (Lipinski definition) is 2. The smallest absolute Gasteiger partial charge is 0.228 e. The van der Waals surface area contributed by atoms with E-state index >= 15 is 0 Å². The molecule has 18 heavy (non-hydrogen) atoms. The molecule has 2 rings (SSSR count). The minimum absolute atomic E-state index is 0.0128. The zero-order valence-corrected chi connectivity index (χ0v) is 11.3. The van der Waals surface area contributed by atoms with Crippen LogP contribution >= 0.6 is 11.6 Å². The summed E-state index contributed by atoms with van der Waals surface area (Å²) < 4.78 is 0. The summed E-state index contributed by atoms with van der Waals surface area (Å²) in [6.45, 7) is 1.91. The number of halogens is 1. The molecule has 3 nitrogen and oxygen atoms in total. The Morgan fingerprint density at radius 1 is 1.50 bits per heavy atom. The second-order valence-corrected chi connectivity index (χ2v) is 4.98. The molecule has 1 heterocycles. The van der Waals surface area contributed by atoms with Crippen LogP contribution in [0.5, 0.6) is 0 Å². The maximum absolute atomic E-state index is 11.9. The number of allylic oxidation sites excluding steroid dienone is 1. The van der Waals surface area contributed by atoms with Crippen molar-refractivity contribution < 1.29 is 4.79 Å². The molecule has 0 bridgehead atoms. The number of hydrogen-bond donors (Lipinski definition) is 1. The van der Waals surface area contributed by atoms with Gasteiger partial charge in [0.2, 0.25) is 5.91 Å². The van der Waals surface area contributed by atoms with E-state index in [1.54, 1.807) is 6.20 Å². The van der Waals surface area contributed by atoms with Crippen molar-refractivity contribution in [2.24, 2.45) is 0 Å². The van der Waals surface area contributed by atoms with Crippen molar-refractivity contribution in [1.29, 1.82) is 0 Å². The van der Waals surface area contributed by atoms with Crippen LogP contribution in [0.3, 0.4) is 0 Å². The van der Waals surface area contributed by atoms with E-state index in [1.165, 1.54) is 18.4 Å². The number of carbonyl (C=O) groups is 1. The van der Waals surface area contributed by atoms with Crippen LogP contribution < -0.4 is 5.32 Å². The van der Waals surface area contributed by atoms with Crippen LogP contribution in [0.4, 0.5) is 5.69 Å². The molecule has 0 aliphatic heterocycles. The second kappa shape index (κ2) is 6.01. The van der Waals surface area contributed by atoms with Crippen molar-refractivity contribution in [2.45, 2.75) is 39.0 Å². The number of nitrogens with zero attached hydrogens (tertiary/aromatic N) is 1. The average Bonchev–Trinajstić information content (AvgIpc) is 2.35. The van der Waals surface area contributed by atoms with Crippen LogP contribution in [0, 0.1) is 6.92 Å². The molecule has 1 amide bonds. The molecule has 4 heteroatoms. The molecule has 0 aromatic carbocycles. The maximum Gasteiger partial charge on any atom is 0.228 e. The standard InChI is InChI=1S/C14H17ClN2O/c1-10-7-8-16-14(15)13(10)17-12(18)9-11-5-3-2-4-6-11/h5,7-8H,2-4,6,9H2,1H3,(H,17,18).